The van der Waals surface area contributed by atoms with Crippen LogP contribution < -0.4 is 11.2 Å². The van der Waals surface area contributed by atoms with Gasteiger partial charge in [0.2, 0.25) is 5.89 Å². The van der Waals surface area contributed by atoms with Gasteiger partial charge >= 0.3 is 5.69 Å². The summed E-state index contributed by atoms with van der Waals surface area (Å²) in [5.74, 6) is 2.46. The number of H-pyrrole nitrogens is 1. The topological polar surface area (TPSA) is 120 Å². The molecule has 0 spiro atoms. The van der Waals surface area contributed by atoms with Crippen LogP contribution in [0.2, 0.25) is 0 Å². The summed E-state index contributed by atoms with van der Waals surface area (Å²) in [7, 11) is 0. The molecule has 0 aliphatic heterocycles. The van der Waals surface area contributed by atoms with Gasteiger partial charge < -0.3 is 4.52 Å². The fourth-order valence-corrected chi connectivity index (χ4v) is 3.83. The smallest absolute Gasteiger partial charge is 0.330 e. The number of rotatable bonds is 5. The molecule has 5 rings (SSSR count). The number of thioether (sulfide) groups is 1. The Bertz CT molecular complexity index is 1130. The summed E-state index contributed by atoms with van der Waals surface area (Å²) in [6.45, 7) is 1.75. The minimum atomic E-state index is -0.451. The fraction of sp³-hybridized carbons (Fsp3) is 0.500. The van der Waals surface area contributed by atoms with E-state index in [9.17, 15) is 9.59 Å². The maximum absolute atomic E-state index is 12.5. The van der Waals surface area contributed by atoms with E-state index in [4.69, 9.17) is 4.52 Å². The van der Waals surface area contributed by atoms with Crippen molar-refractivity contribution >= 4 is 22.8 Å². The average molecular weight is 372 g/mol. The van der Waals surface area contributed by atoms with Crippen LogP contribution in [0, 0.1) is 6.92 Å². The zero-order chi connectivity index (χ0) is 17.8. The van der Waals surface area contributed by atoms with Crippen LogP contribution in [0.5, 0.6) is 0 Å². The van der Waals surface area contributed by atoms with Crippen molar-refractivity contribution in [2.24, 2.45) is 0 Å². The Labute approximate surface area is 151 Å². The van der Waals surface area contributed by atoms with Crippen LogP contribution in [0.15, 0.2) is 19.1 Å². The third-order valence-corrected chi connectivity index (χ3v) is 5.49. The second-order valence-corrected chi connectivity index (χ2v) is 7.71. The Morgan fingerprint density at radius 2 is 2.00 bits per heavy atom. The lowest BCUT2D eigenvalue weighted by Gasteiger charge is -2.11. The molecule has 0 saturated heterocycles. The zero-order valence-electron chi connectivity index (χ0n) is 14.1. The number of nitrogens with one attached hydrogen (secondary N) is 1. The van der Waals surface area contributed by atoms with Crippen molar-refractivity contribution in [1.29, 1.82) is 0 Å². The SMILES string of the molecule is Cc1noc(CSc2nc(C3CC3)nc3c2c(=O)[nH]c(=O)n3C2CC2)n1. The van der Waals surface area contributed by atoms with E-state index in [0.29, 0.717) is 45.3 Å². The number of aryl methyl sites for hydroxylation is 1. The molecule has 0 atom stereocenters. The van der Waals surface area contributed by atoms with Crippen LogP contribution in [-0.4, -0.2) is 29.7 Å². The Balaban J connectivity index is 1.66. The molecule has 0 radical (unpaired) electrons. The van der Waals surface area contributed by atoms with Crippen LogP contribution in [0.3, 0.4) is 0 Å². The fourth-order valence-electron chi connectivity index (χ4n) is 2.96. The predicted octanol–water partition coefficient (Wildman–Crippen LogP) is 1.68. The summed E-state index contributed by atoms with van der Waals surface area (Å²) >= 11 is 1.35. The molecule has 3 aromatic rings. The minimum absolute atomic E-state index is 0.111. The molecule has 134 valence electrons. The van der Waals surface area contributed by atoms with Gasteiger partial charge in [-0.2, -0.15) is 4.98 Å². The van der Waals surface area contributed by atoms with Crippen molar-refractivity contribution in [2.75, 3.05) is 0 Å². The van der Waals surface area contributed by atoms with Gasteiger partial charge in [0.05, 0.1) is 5.75 Å². The lowest BCUT2D eigenvalue weighted by atomic mass is 10.3. The molecule has 2 aliphatic carbocycles. The first-order valence-electron chi connectivity index (χ1n) is 8.58. The van der Waals surface area contributed by atoms with Crippen LogP contribution in [0.4, 0.5) is 0 Å². The molecule has 0 aromatic carbocycles. The molecule has 0 unspecified atom stereocenters. The normalized spacial score (nSPS) is 17.1. The van der Waals surface area contributed by atoms with Gasteiger partial charge in [-0.15, -0.1) is 0 Å². The van der Waals surface area contributed by atoms with Crippen LogP contribution in [0.1, 0.15) is 55.2 Å². The quantitative estimate of drug-likeness (QED) is 0.530. The zero-order valence-corrected chi connectivity index (χ0v) is 14.9. The van der Waals surface area contributed by atoms with Gasteiger partial charge in [0.25, 0.3) is 5.56 Å². The third-order valence-electron chi connectivity index (χ3n) is 4.53. The van der Waals surface area contributed by atoms with E-state index in [2.05, 4.69) is 25.1 Å². The molecule has 0 bridgehead atoms. The standard InChI is InChI=1S/C16H16N6O3S/c1-7-17-10(25-21-7)6-26-15-11-13(18-12(19-15)8-2-3-8)22(9-4-5-9)16(24)20-14(11)23/h8-9H,2-6H2,1H3,(H,20,23,24). The highest BCUT2D eigenvalue weighted by atomic mass is 32.2. The molecule has 3 aromatic heterocycles. The molecule has 2 saturated carbocycles. The van der Waals surface area contributed by atoms with Crippen molar-refractivity contribution in [3.63, 3.8) is 0 Å². The molecule has 2 aliphatic rings. The summed E-state index contributed by atoms with van der Waals surface area (Å²) in [6.07, 6.45) is 3.92. The molecule has 26 heavy (non-hydrogen) atoms. The molecule has 3 heterocycles. The molecule has 9 nitrogen and oxygen atoms in total. The van der Waals surface area contributed by atoms with Gasteiger partial charge in [0.15, 0.2) is 11.5 Å². The summed E-state index contributed by atoms with van der Waals surface area (Å²) in [4.78, 5) is 40.7. The van der Waals surface area contributed by atoms with E-state index in [0.717, 1.165) is 25.7 Å². The number of hydrogen-bond donors (Lipinski definition) is 1. The minimum Gasteiger partial charge on any atom is -0.338 e. The molecule has 2 fully saturated rings. The van der Waals surface area contributed by atoms with E-state index in [-0.39, 0.29) is 6.04 Å². The van der Waals surface area contributed by atoms with Crippen molar-refractivity contribution < 1.29 is 4.52 Å². The highest BCUT2D eigenvalue weighted by Gasteiger charge is 2.32. The number of hydrogen-bond acceptors (Lipinski definition) is 8. The molecule has 1 N–H and O–H groups in total. The van der Waals surface area contributed by atoms with Crippen molar-refractivity contribution in [1.82, 2.24) is 29.7 Å². The van der Waals surface area contributed by atoms with E-state index < -0.39 is 11.2 Å². The van der Waals surface area contributed by atoms with Gasteiger partial charge in [-0.3, -0.25) is 14.3 Å². The van der Waals surface area contributed by atoms with Crippen LogP contribution in [0.25, 0.3) is 11.0 Å². The summed E-state index contributed by atoms with van der Waals surface area (Å²) in [5, 5.41) is 4.70. The Morgan fingerprint density at radius 3 is 2.65 bits per heavy atom. The van der Waals surface area contributed by atoms with Gasteiger partial charge in [0.1, 0.15) is 16.2 Å². The van der Waals surface area contributed by atoms with Gasteiger partial charge in [-0.1, -0.05) is 16.9 Å². The van der Waals surface area contributed by atoms with Crippen LogP contribution >= 0.6 is 11.8 Å². The Kier molecular flexibility index (Phi) is 3.49. The lowest BCUT2D eigenvalue weighted by Crippen LogP contribution is -2.31. The van der Waals surface area contributed by atoms with E-state index in [1.165, 1.54) is 11.8 Å². The average Bonchev–Trinajstić information content (AvgIpc) is 3.51. The maximum Gasteiger partial charge on any atom is 0.330 e. The molecular formula is C16H16N6O3S. The molecular weight excluding hydrogens is 356 g/mol. The number of aromatic nitrogens is 6. The van der Waals surface area contributed by atoms with Crippen molar-refractivity contribution in [3.8, 4) is 0 Å². The second-order valence-electron chi connectivity index (χ2n) is 6.74. The Morgan fingerprint density at radius 1 is 1.19 bits per heavy atom. The first kappa shape index (κ1) is 15.7. The van der Waals surface area contributed by atoms with E-state index in [1.807, 2.05) is 0 Å². The van der Waals surface area contributed by atoms with Gasteiger partial charge in [0, 0.05) is 12.0 Å². The first-order chi connectivity index (χ1) is 12.6. The predicted molar refractivity (Wildman–Crippen MR) is 93.3 cm³/mol. The molecule has 0 amide bonds. The first-order valence-corrected chi connectivity index (χ1v) is 9.57. The highest BCUT2D eigenvalue weighted by molar-refractivity contribution is 7.98. The number of aromatic amines is 1. The van der Waals surface area contributed by atoms with Gasteiger partial charge in [-0.05, 0) is 32.6 Å². The summed E-state index contributed by atoms with van der Waals surface area (Å²) in [5.41, 5.74) is -0.398. The van der Waals surface area contributed by atoms with E-state index in [1.54, 1.807) is 11.5 Å². The van der Waals surface area contributed by atoms with Gasteiger partial charge in [-0.25, -0.2) is 14.8 Å². The summed E-state index contributed by atoms with van der Waals surface area (Å²) in [6, 6.07) is 0.111. The van der Waals surface area contributed by atoms with Crippen molar-refractivity contribution in [3.05, 3.63) is 38.4 Å². The largest absolute Gasteiger partial charge is 0.338 e. The highest BCUT2D eigenvalue weighted by Crippen LogP contribution is 2.41. The monoisotopic (exact) mass is 372 g/mol. The lowest BCUT2D eigenvalue weighted by molar-refractivity contribution is 0.387. The second kappa shape index (κ2) is 5.76. The molecule has 10 heteroatoms. The number of fused-ring (bicyclic) bond motifs is 1. The maximum atomic E-state index is 12.5. The Hall–Kier alpha value is -2.49. The van der Waals surface area contributed by atoms with Crippen molar-refractivity contribution in [2.45, 2.75) is 55.3 Å². The third kappa shape index (κ3) is 2.74. The van der Waals surface area contributed by atoms with Crippen LogP contribution in [-0.2, 0) is 5.75 Å². The van der Waals surface area contributed by atoms with E-state index >= 15 is 0 Å². The summed E-state index contributed by atoms with van der Waals surface area (Å²) < 4.78 is 6.76. The number of nitrogens with zero attached hydrogens (tertiary/aromatic N) is 5.